The third kappa shape index (κ3) is 2.58. The van der Waals surface area contributed by atoms with E-state index in [2.05, 4.69) is 9.97 Å². The zero-order valence-electron chi connectivity index (χ0n) is 11.4. The Morgan fingerprint density at radius 3 is 2.86 bits per heavy atom. The second-order valence-electron chi connectivity index (χ2n) is 4.69. The summed E-state index contributed by atoms with van der Waals surface area (Å²) < 4.78 is 0. The van der Waals surface area contributed by atoms with Crippen molar-refractivity contribution in [1.82, 2.24) is 9.97 Å². The Morgan fingerprint density at radius 2 is 2.05 bits per heavy atom. The Morgan fingerprint density at radius 1 is 1.23 bits per heavy atom. The van der Waals surface area contributed by atoms with Crippen molar-refractivity contribution in [3.63, 3.8) is 0 Å². The molecule has 0 fully saturated rings. The summed E-state index contributed by atoms with van der Waals surface area (Å²) in [5.41, 5.74) is 1.87. The third-order valence-corrected chi connectivity index (χ3v) is 3.19. The lowest BCUT2D eigenvalue weighted by Gasteiger charge is -2.02. The molecule has 1 heterocycles. The molecule has 0 unspecified atom stereocenters. The summed E-state index contributed by atoms with van der Waals surface area (Å²) in [7, 11) is 0. The molecule has 0 spiro atoms. The van der Waals surface area contributed by atoms with E-state index in [9.17, 15) is 9.90 Å². The number of H-pyrrole nitrogens is 1. The molecule has 0 saturated carbocycles. The first-order valence-electron chi connectivity index (χ1n) is 6.57. The first-order chi connectivity index (χ1) is 10.7. The number of aliphatic hydroxyl groups is 1. The number of hydrogen-bond donors (Lipinski definition) is 2. The van der Waals surface area contributed by atoms with E-state index in [4.69, 9.17) is 5.26 Å². The fourth-order valence-corrected chi connectivity index (χ4v) is 2.10. The number of para-hydroxylation sites is 2. The molecule has 5 nitrogen and oxygen atoms in total. The molecule has 2 N–H and O–H groups in total. The molecule has 0 aliphatic heterocycles. The predicted octanol–water partition coefficient (Wildman–Crippen LogP) is 2.85. The molecule has 2 aromatic carbocycles. The van der Waals surface area contributed by atoms with E-state index in [-0.39, 0.29) is 17.0 Å². The highest BCUT2D eigenvalue weighted by molar-refractivity contribution is 5.79. The number of nitriles is 1. The van der Waals surface area contributed by atoms with Gasteiger partial charge in [-0.2, -0.15) is 5.26 Å². The number of rotatable bonds is 2. The molecule has 22 heavy (non-hydrogen) atoms. The van der Waals surface area contributed by atoms with Crippen LogP contribution >= 0.6 is 0 Å². The van der Waals surface area contributed by atoms with Crippen molar-refractivity contribution in [2.75, 3.05) is 0 Å². The molecule has 106 valence electrons. The van der Waals surface area contributed by atoms with Crippen LogP contribution in [0.25, 0.3) is 22.9 Å². The summed E-state index contributed by atoms with van der Waals surface area (Å²) >= 11 is 0. The molecule has 0 aliphatic rings. The van der Waals surface area contributed by atoms with Crippen molar-refractivity contribution in [2.24, 2.45) is 0 Å². The highest BCUT2D eigenvalue weighted by Crippen LogP contribution is 2.15. The van der Waals surface area contributed by atoms with Crippen LogP contribution in [0.1, 0.15) is 16.8 Å². The Hall–Kier alpha value is -3.39. The van der Waals surface area contributed by atoms with E-state index >= 15 is 0 Å². The number of benzene rings is 2. The van der Waals surface area contributed by atoms with Crippen molar-refractivity contribution in [2.45, 2.75) is 0 Å². The quantitative estimate of drug-likeness (QED) is 0.710. The summed E-state index contributed by atoms with van der Waals surface area (Å²) in [6.07, 6.45) is 1.29. The molecule has 5 heteroatoms. The van der Waals surface area contributed by atoms with Crippen molar-refractivity contribution in [3.05, 3.63) is 75.7 Å². The topological polar surface area (TPSA) is 89.8 Å². The molecule has 0 aliphatic carbocycles. The zero-order valence-corrected chi connectivity index (χ0v) is 11.4. The summed E-state index contributed by atoms with van der Waals surface area (Å²) in [6, 6.07) is 15.7. The number of aromatic amines is 1. The van der Waals surface area contributed by atoms with Gasteiger partial charge < -0.3 is 10.1 Å². The largest absolute Gasteiger partial charge is 0.507 e. The van der Waals surface area contributed by atoms with Crippen LogP contribution in [0, 0.1) is 11.3 Å². The molecular weight excluding hydrogens is 278 g/mol. The molecule has 3 rings (SSSR count). The monoisotopic (exact) mass is 289 g/mol. The number of aromatic nitrogens is 2. The number of fused-ring (bicyclic) bond motifs is 1. The van der Waals surface area contributed by atoms with E-state index in [0.717, 1.165) is 0 Å². The SMILES string of the molecule is N#Cc1cccc(/C(O)=C/c2nc3ccccc3[nH]c2=O)c1. The van der Waals surface area contributed by atoms with Crippen molar-refractivity contribution >= 4 is 22.9 Å². The Balaban J connectivity index is 2.09. The fraction of sp³-hybridized carbons (Fsp3) is 0. The molecule has 3 aromatic rings. The Kier molecular flexibility index (Phi) is 3.42. The average molecular weight is 289 g/mol. The lowest BCUT2D eigenvalue weighted by molar-refractivity contribution is 0.515. The summed E-state index contributed by atoms with van der Waals surface area (Å²) in [6.45, 7) is 0. The van der Waals surface area contributed by atoms with Crippen LogP contribution in [0.15, 0.2) is 53.3 Å². The van der Waals surface area contributed by atoms with E-state index in [1.807, 2.05) is 12.1 Å². The number of hydrogen-bond acceptors (Lipinski definition) is 4. The minimum absolute atomic E-state index is 0.110. The summed E-state index contributed by atoms with van der Waals surface area (Å²) in [5, 5.41) is 19.0. The molecule has 0 bridgehead atoms. The normalized spacial score (nSPS) is 11.3. The Bertz CT molecular complexity index is 981. The van der Waals surface area contributed by atoms with Gasteiger partial charge in [-0.1, -0.05) is 24.3 Å². The van der Waals surface area contributed by atoms with E-state index < -0.39 is 0 Å². The molecule has 0 atom stereocenters. The van der Waals surface area contributed by atoms with Crippen LogP contribution < -0.4 is 5.56 Å². The second kappa shape index (κ2) is 5.54. The van der Waals surface area contributed by atoms with Gasteiger partial charge in [0, 0.05) is 11.6 Å². The lowest BCUT2D eigenvalue weighted by atomic mass is 10.1. The predicted molar refractivity (Wildman–Crippen MR) is 84.0 cm³/mol. The van der Waals surface area contributed by atoms with Gasteiger partial charge in [-0.3, -0.25) is 4.79 Å². The smallest absolute Gasteiger partial charge is 0.274 e. The molecule has 0 amide bonds. The van der Waals surface area contributed by atoms with Gasteiger partial charge in [-0.25, -0.2) is 4.98 Å². The number of nitrogens with one attached hydrogen (secondary N) is 1. The van der Waals surface area contributed by atoms with Gasteiger partial charge in [0.05, 0.1) is 22.7 Å². The molecule has 0 radical (unpaired) electrons. The second-order valence-corrected chi connectivity index (χ2v) is 4.69. The highest BCUT2D eigenvalue weighted by Gasteiger charge is 2.06. The minimum atomic E-state index is -0.387. The van der Waals surface area contributed by atoms with Gasteiger partial charge in [-0.15, -0.1) is 0 Å². The maximum atomic E-state index is 12.0. The van der Waals surface area contributed by atoms with Gasteiger partial charge in [0.1, 0.15) is 11.5 Å². The average Bonchev–Trinajstić information content (AvgIpc) is 2.55. The minimum Gasteiger partial charge on any atom is -0.507 e. The standard InChI is InChI=1S/C17H11N3O2/c18-10-11-4-3-5-12(8-11)16(21)9-15-17(22)20-14-7-2-1-6-13(14)19-15/h1-9,21H,(H,20,22)/b16-9-. The zero-order chi connectivity index (χ0) is 15.5. The van der Waals surface area contributed by atoms with Crippen LogP contribution in [-0.4, -0.2) is 15.1 Å². The highest BCUT2D eigenvalue weighted by atomic mass is 16.3. The number of aliphatic hydroxyl groups excluding tert-OH is 1. The Labute approximate surface area is 125 Å². The summed E-state index contributed by atoms with van der Waals surface area (Å²) in [4.78, 5) is 18.9. The lowest BCUT2D eigenvalue weighted by Crippen LogP contribution is -2.12. The van der Waals surface area contributed by atoms with Crippen LogP contribution in [0.5, 0.6) is 0 Å². The van der Waals surface area contributed by atoms with E-state index in [0.29, 0.717) is 22.2 Å². The first kappa shape index (κ1) is 13.6. The molecular formula is C17H11N3O2. The van der Waals surface area contributed by atoms with Crippen molar-refractivity contribution < 1.29 is 5.11 Å². The third-order valence-electron chi connectivity index (χ3n) is 3.19. The first-order valence-corrected chi connectivity index (χ1v) is 6.57. The maximum Gasteiger partial charge on any atom is 0.274 e. The van der Waals surface area contributed by atoms with E-state index in [1.165, 1.54) is 6.08 Å². The van der Waals surface area contributed by atoms with Crippen LogP contribution in [-0.2, 0) is 0 Å². The fourth-order valence-electron chi connectivity index (χ4n) is 2.10. The maximum absolute atomic E-state index is 12.0. The van der Waals surface area contributed by atoms with Crippen LogP contribution in [0.3, 0.4) is 0 Å². The molecule has 0 saturated heterocycles. The van der Waals surface area contributed by atoms with Crippen LogP contribution in [0.2, 0.25) is 0 Å². The van der Waals surface area contributed by atoms with Gasteiger partial charge in [-0.05, 0) is 24.3 Å². The van der Waals surface area contributed by atoms with Gasteiger partial charge in [0.2, 0.25) is 0 Å². The van der Waals surface area contributed by atoms with Crippen LogP contribution in [0.4, 0.5) is 0 Å². The van der Waals surface area contributed by atoms with Crippen molar-refractivity contribution in [3.8, 4) is 6.07 Å². The van der Waals surface area contributed by atoms with Gasteiger partial charge in [0.25, 0.3) is 5.56 Å². The molecule has 1 aromatic heterocycles. The van der Waals surface area contributed by atoms with Gasteiger partial charge in [0.15, 0.2) is 0 Å². The van der Waals surface area contributed by atoms with Gasteiger partial charge >= 0.3 is 0 Å². The number of nitrogens with zero attached hydrogens (tertiary/aromatic N) is 2. The van der Waals surface area contributed by atoms with Crippen molar-refractivity contribution in [1.29, 1.82) is 5.26 Å². The van der Waals surface area contributed by atoms with E-state index in [1.54, 1.807) is 42.5 Å². The summed E-state index contributed by atoms with van der Waals surface area (Å²) in [5.74, 6) is -0.120.